The Labute approximate surface area is 127 Å². The van der Waals surface area contributed by atoms with Crippen molar-refractivity contribution in [2.45, 2.75) is 25.8 Å². The zero-order valence-corrected chi connectivity index (χ0v) is 12.3. The maximum absolute atomic E-state index is 11.6. The molecule has 0 aliphatic rings. The molecule has 0 bridgehead atoms. The van der Waals surface area contributed by atoms with Crippen LogP contribution in [0.2, 0.25) is 5.02 Å². The van der Waals surface area contributed by atoms with Gasteiger partial charge in [-0.15, -0.1) is 0 Å². The van der Waals surface area contributed by atoms with Crippen molar-refractivity contribution in [2.75, 3.05) is 6.61 Å². The number of hydrogen-bond donors (Lipinski definition) is 2. The van der Waals surface area contributed by atoms with Crippen molar-refractivity contribution in [3.63, 3.8) is 0 Å². The standard InChI is InChI=1S/C14H16ClN3O3/c1-9(8-19)16-12(20)6-7-13-17-14(18-21-13)10-2-4-11(15)5-3-10/h2-5,9,19H,6-8H2,1H3,(H,16,20). The molecule has 2 aromatic rings. The van der Waals surface area contributed by atoms with Crippen LogP contribution in [-0.2, 0) is 11.2 Å². The predicted octanol–water partition coefficient (Wildman–Crippen LogP) is 1.82. The van der Waals surface area contributed by atoms with E-state index in [0.29, 0.717) is 23.2 Å². The number of nitrogens with zero attached hydrogens (tertiary/aromatic N) is 2. The normalized spacial score (nSPS) is 12.1. The molecule has 0 aliphatic carbocycles. The number of aryl methyl sites for hydroxylation is 1. The number of hydrogen-bond acceptors (Lipinski definition) is 5. The fourth-order valence-electron chi connectivity index (χ4n) is 1.69. The third-order valence-corrected chi connectivity index (χ3v) is 3.07. The molecule has 1 atom stereocenters. The summed E-state index contributed by atoms with van der Waals surface area (Å²) in [5.41, 5.74) is 0.799. The summed E-state index contributed by atoms with van der Waals surface area (Å²) >= 11 is 5.82. The van der Waals surface area contributed by atoms with Gasteiger partial charge in [0.2, 0.25) is 17.6 Å². The average molecular weight is 310 g/mol. The SMILES string of the molecule is CC(CO)NC(=O)CCc1nc(-c2ccc(Cl)cc2)no1. The molecule has 6 nitrogen and oxygen atoms in total. The van der Waals surface area contributed by atoms with Crippen LogP contribution in [0.15, 0.2) is 28.8 Å². The molecule has 1 heterocycles. The molecule has 0 fully saturated rings. The van der Waals surface area contributed by atoms with Crippen LogP contribution in [0, 0.1) is 0 Å². The summed E-state index contributed by atoms with van der Waals surface area (Å²) in [6.07, 6.45) is 0.581. The van der Waals surface area contributed by atoms with Crippen molar-refractivity contribution in [1.82, 2.24) is 15.5 Å². The Hall–Kier alpha value is -1.92. The molecule has 2 rings (SSSR count). The van der Waals surface area contributed by atoms with Crippen molar-refractivity contribution >= 4 is 17.5 Å². The van der Waals surface area contributed by atoms with Gasteiger partial charge in [0.1, 0.15) is 0 Å². The molecule has 0 saturated carbocycles. The Kier molecular flexibility index (Phi) is 5.30. The molecular formula is C14H16ClN3O3. The molecule has 0 spiro atoms. The number of aromatic nitrogens is 2. The van der Waals surface area contributed by atoms with E-state index in [0.717, 1.165) is 5.56 Å². The van der Waals surface area contributed by atoms with Gasteiger partial charge in [0, 0.05) is 29.5 Å². The van der Waals surface area contributed by atoms with Crippen molar-refractivity contribution in [3.05, 3.63) is 35.2 Å². The number of aliphatic hydroxyl groups is 1. The van der Waals surface area contributed by atoms with E-state index in [9.17, 15) is 4.79 Å². The number of nitrogens with one attached hydrogen (secondary N) is 1. The minimum atomic E-state index is -0.259. The Morgan fingerprint density at radius 1 is 1.43 bits per heavy atom. The Morgan fingerprint density at radius 2 is 2.14 bits per heavy atom. The second-order valence-electron chi connectivity index (χ2n) is 4.67. The summed E-state index contributed by atoms with van der Waals surface area (Å²) in [7, 11) is 0. The van der Waals surface area contributed by atoms with Crippen LogP contribution in [0.1, 0.15) is 19.2 Å². The molecule has 2 N–H and O–H groups in total. The first kappa shape index (κ1) is 15.5. The van der Waals surface area contributed by atoms with Crippen LogP contribution in [0.5, 0.6) is 0 Å². The maximum atomic E-state index is 11.6. The third kappa shape index (κ3) is 4.54. The van der Waals surface area contributed by atoms with E-state index in [1.807, 2.05) is 0 Å². The van der Waals surface area contributed by atoms with E-state index < -0.39 is 0 Å². The van der Waals surface area contributed by atoms with Crippen molar-refractivity contribution in [2.24, 2.45) is 0 Å². The fourth-order valence-corrected chi connectivity index (χ4v) is 1.81. The first-order valence-electron chi connectivity index (χ1n) is 6.57. The zero-order valence-electron chi connectivity index (χ0n) is 11.5. The zero-order chi connectivity index (χ0) is 15.2. The second kappa shape index (κ2) is 7.19. The lowest BCUT2D eigenvalue weighted by Gasteiger charge is -2.09. The molecule has 7 heteroatoms. The van der Waals surface area contributed by atoms with Gasteiger partial charge in [0.15, 0.2) is 0 Å². The minimum absolute atomic E-state index is 0.0903. The van der Waals surface area contributed by atoms with Crippen molar-refractivity contribution in [3.8, 4) is 11.4 Å². The fraction of sp³-hybridized carbons (Fsp3) is 0.357. The highest BCUT2D eigenvalue weighted by Crippen LogP contribution is 2.18. The summed E-state index contributed by atoms with van der Waals surface area (Å²) in [4.78, 5) is 15.8. The second-order valence-corrected chi connectivity index (χ2v) is 5.11. The molecule has 1 unspecified atom stereocenters. The molecule has 112 valence electrons. The van der Waals surface area contributed by atoms with Crippen molar-refractivity contribution < 1.29 is 14.4 Å². The van der Waals surface area contributed by atoms with Gasteiger partial charge >= 0.3 is 0 Å². The largest absolute Gasteiger partial charge is 0.394 e. The summed E-state index contributed by atoms with van der Waals surface area (Å²) < 4.78 is 5.11. The minimum Gasteiger partial charge on any atom is -0.394 e. The summed E-state index contributed by atoms with van der Waals surface area (Å²) in [6.45, 7) is 1.64. The molecule has 0 aliphatic heterocycles. The molecular weight excluding hydrogens is 294 g/mol. The number of carbonyl (C=O) groups excluding carboxylic acids is 1. The van der Waals surface area contributed by atoms with E-state index in [1.54, 1.807) is 31.2 Å². The van der Waals surface area contributed by atoms with E-state index in [2.05, 4.69) is 15.5 Å². The topological polar surface area (TPSA) is 88.2 Å². The first-order valence-corrected chi connectivity index (χ1v) is 6.95. The summed E-state index contributed by atoms with van der Waals surface area (Å²) in [6, 6.07) is 6.83. The highest BCUT2D eigenvalue weighted by atomic mass is 35.5. The van der Waals surface area contributed by atoms with E-state index in [1.165, 1.54) is 0 Å². The predicted molar refractivity (Wildman–Crippen MR) is 77.8 cm³/mol. The van der Waals surface area contributed by atoms with Gasteiger partial charge in [-0.05, 0) is 31.2 Å². The lowest BCUT2D eigenvalue weighted by Crippen LogP contribution is -2.35. The van der Waals surface area contributed by atoms with Crippen molar-refractivity contribution in [1.29, 1.82) is 0 Å². The lowest BCUT2D eigenvalue weighted by atomic mass is 10.2. The van der Waals surface area contributed by atoms with E-state index >= 15 is 0 Å². The monoisotopic (exact) mass is 309 g/mol. The Balaban J connectivity index is 1.91. The van der Waals surface area contributed by atoms with Crippen LogP contribution < -0.4 is 5.32 Å². The maximum Gasteiger partial charge on any atom is 0.227 e. The average Bonchev–Trinajstić information content (AvgIpc) is 2.94. The first-order chi connectivity index (χ1) is 10.1. The molecule has 1 aromatic carbocycles. The van der Waals surface area contributed by atoms with Gasteiger partial charge in [-0.2, -0.15) is 4.98 Å². The van der Waals surface area contributed by atoms with E-state index in [4.69, 9.17) is 21.2 Å². The highest BCUT2D eigenvalue weighted by molar-refractivity contribution is 6.30. The van der Waals surface area contributed by atoms with Gasteiger partial charge in [-0.1, -0.05) is 16.8 Å². The van der Waals surface area contributed by atoms with Gasteiger partial charge in [-0.25, -0.2) is 0 Å². The van der Waals surface area contributed by atoms with Crippen LogP contribution in [0.25, 0.3) is 11.4 Å². The van der Waals surface area contributed by atoms with Gasteiger partial charge in [0.25, 0.3) is 0 Å². The third-order valence-electron chi connectivity index (χ3n) is 2.82. The number of halogens is 1. The molecule has 0 radical (unpaired) electrons. The Bertz CT molecular complexity index is 598. The van der Waals surface area contributed by atoms with Crippen LogP contribution in [-0.4, -0.2) is 33.8 Å². The van der Waals surface area contributed by atoms with Gasteiger partial charge < -0.3 is 14.9 Å². The molecule has 1 aromatic heterocycles. The number of carbonyl (C=O) groups is 1. The van der Waals surface area contributed by atoms with Crippen LogP contribution >= 0.6 is 11.6 Å². The smallest absolute Gasteiger partial charge is 0.227 e. The molecule has 0 saturated heterocycles. The Morgan fingerprint density at radius 3 is 2.81 bits per heavy atom. The lowest BCUT2D eigenvalue weighted by molar-refractivity contribution is -0.122. The summed E-state index contributed by atoms with van der Waals surface area (Å²) in [5.74, 6) is 0.695. The van der Waals surface area contributed by atoms with Gasteiger partial charge in [-0.3, -0.25) is 4.79 Å². The number of benzene rings is 1. The van der Waals surface area contributed by atoms with Gasteiger partial charge in [0.05, 0.1) is 6.61 Å². The van der Waals surface area contributed by atoms with Crippen LogP contribution in [0.4, 0.5) is 0 Å². The number of rotatable bonds is 6. The highest BCUT2D eigenvalue weighted by Gasteiger charge is 2.11. The number of aliphatic hydroxyl groups excluding tert-OH is 1. The summed E-state index contributed by atoms with van der Waals surface area (Å²) in [5, 5.41) is 16.0. The quantitative estimate of drug-likeness (QED) is 0.849. The van der Waals surface area contributed by atoms with E-state index in [-0.39, 0.29) is 25.0 Å². The molecule has 1 amide bonds. The molecule has 21 heavy (non-hydrogen) atoms. The number of amides is 1. The van der Waals surface area contributed by atoms with Crippen LogP contribution in [0.3, 0.4) is 0 Å².